The van der Waals surface area contributed by atoms with Gasteiger partial charge in [-0.1, -0.05) is 30.3 Å². The fourth-order valence-corrected chi connectivity index (χ4v) is 2.27. The number of hydrogen-bond acceptors (Lipinski definition) is 4. The largest absolute Gasteiger partial charge is 0.496 e. The molecule has 0 saturated heterocycles. The van der Waals surface area contributed by atoms with Crippen LogP contribution in [0.15, 0.2) is 48.5 Å². The first-order valence-corrected chi connectivity index (χ1v) is 7.08. The molecule has 0 aliphatic heterocycles. The quantitative estimate of drug-likeness (QED) is 0.780. The Labute approximate surface area is 130 Å². The smallest absolute Gasteiger partial charge is 0.161 e. The van der Waals surface area contributed by atoms with Crippen LogP contribution in [-0.2, 0) is 0 Å². The highest BCUT2D eigenvalue weighted by atomic mass is 16.5. The second kappa shape index (κ2) is 7.94. The summed E-state index contributed by atoms with van der Waals surface area (Å²) in [6, 6.07) is 17.4. The molecule has 0 amide bonds. The van der Waals surface area contributed by atoms with Crippen LogP contribution in [0, 0.1) is 11.3 Å². The maximum atomic E-state index is 9.41. The molecule has 0 bridgehead atoms. The molecule has 114 valence electrons. The summed E-state index contributed by atoms with van der Waals surface area (Å²) in [5.41, 5.74) is 0.885. The molecule has 0 aliphatic carbocycles. The zero-order valence-electron chi connectivity index (χ0n) is 12.8. The summed E-state index contributed by atoms with van der Waals surface area (Å²) in [4.78, 5) is 0. The minimum absolute atomic E-state index is 0.272. The van der Waals surface area contributed by atoms with Crippen LogP contribution in [0.5, 0.6) is 17.2 Å². The summed E-state index contributed by atoms with van der Waals surface area (Å²) in [6.07, 6.45) is 0.578. The molecule has 4 nitrogen and oxygen atoms in total. The van der Waals surface area contributed by atoms with Crippen molar-refractivity contribution in [2.45, 2.75) is 12.3 Å². The van der Waals surface area contributed by atoms with Crippen LogP contribution >= 0.6 is 0 Å². The van der Waals surface area contributed by atoms with E-state index in [1.54, 1.807) is 14.2 Å². The zero-order valence-corrected chi connectivity index (χ0v) is 12.8. The van der Waals surface area contributed by atoms with Crippen molar-refractivity contribution in [3.8, 4) is 23.3 Å². The van der Waals surface area contributed by atoms with E-state index in [2.05, 4.69) is 6.07 Å². The highest BCUT2D eigenvalue weighted by molar-refractivity contribution is 5.40. The van der Waals surface area contributed by atoms with Crippen LogP contribution in [0.3, 0.4) is 0 Å². The molecular formula is C18H19NO3. The van der Waals surface area contributed by atoms with Gasteiger partial charge >= 0.3 is 0 Å². The SMILES string of the molecule is COc1ccccc1OCCC(C#N)c1ccccc1OC. The summed E-state index contributed by atoms with van der Waals surface area (Å²) in [5.74, 6) is 1.83. The van der Waals surface area contributed by atoms with Gasteiger partial charge in [0.2, 0.25) is 0 Å². The highest BCUT2D eigenvalue weighted by Crippen LogP contribution is 2.30. The van der Waals surface area contributed by atoms with Gasteiger partial charge in [0, 0.05) is 12.0 Å². The van der Waals surface area contributed by atoms with E-state index in [0.717, 1.165) is 11.3 Å². The van der Waals surface area contributed by atoms with Gasteiger partial charge in [0.25, 0.3) is 0 Å². The average Bonchev–Trinajstić information content (AvgIpc) is 2.59. The molecule has 2 aromatic carbocycles. The third-order valence-corrected chi connectivity index (χ3v) is 3.40. The third-order valence-electron chi connectivity index (χ3n) is 3.40. The van der Waals surface area contributed by atoms with Gasteiger partial charge in [-0.3, -0.25) is 0 Å². The normalized spacial score (nSPS) is 11.3. The maximum Gasteiger partial charge on any atom is 0.161 e. The van der Waals surface area contributed by atoms with Gasteiger partial charge in [-0.15, -0.1) is 0 Å². The van der Waals surface area contributed by atoms with Crippen molar-refractivity contribution < 1.29 is 14.2 Å². The summed E-state index contributed by atoms with van der Waals surface area (Å²) in [7, 11) is 3.22. The van der Waals surface area contributed by atoms with Gasteiger partial charge in [-0.25, -0.2) is 0 Å². The Hall–Kier alpha value is -2.67. The van der Waals surface area contributed by atoms with Gasteiger partial charge in [-0.05, 0) is 18.2 Å². The minimum Gasteiger partial charge on any atom is -0.496 e. The molecule has 0 aliphatic rings. The highest BCUT2D eigenvalue weighted by Gasteiger charge is 2.15. The van der Waals surface area contributed by atoms with Crippen LogP contribution in [0.2, 0.25) is 0 Å². The Kier molecular flexibility index (Phi) is 5.67. The average molecular weight is 297 g/mol. The number of benzene rings is 2. The molecule has 0 aromatic heterocycles. The molecule has 2 rings (SSSR count). The number of nitrogens with zero attached hydrogens (tertiary/aromatic N) is 1. The molecular weight excluding hydrogens is 278 g/mol. The predicted octanol–water partition coefficient (Wildman–Crippen LogP) is 3.78. The van der Waals surface area contributed by atoms with E-state index in [9.17, 15) is 5.26 Å². The van der Waals surface area contributed by atoms with Crippen LogP contribution in [0.4, 0.5) is 0 Å². The van der Waals surface area contributed by atoms with E-state index in [-0.39, 0.29) is 5.92 Å². The fraction of sp³-hybridized carbons (Fsp3) is 0.278. The first-order valence-electron chi connectivity index (χ1n) is 7.08. The number of para-hydroxylation sites is 3. The van der Waals surface area contributed by atoms with Gasteiger partial charge in [0.1, 0.15) is 5.75 Å². The van der Waals surface area contributed by atoms with Crippen molar-refractivity contribution in [3.05, 3.63) is 54.1 Å². The molecule has 0 saturated carbocycles. The van der Waals surface area contributed by atoms with Crippen LogP contribution in [-0.4, -0.2) is 20.8 Å². The second-order valence-electron chi connectivity index (χ2n) is 4.71. The fourth-order valence-electron chi connectivity index (χ4n) is 2.27. The number of hydrogen-bond donors (Lipinski definition) is 0. The Morgan fingerprint density at radius 3 is 2.14 bits per heavy atom. The molecule has 0 heterocycles. The molecule has 0 N–H and O–H groups in total. The van der Waals surface area contributed by atoms with Gasteiger partial charge in [0.05, 0.1) is 32.8 Å². The number of nitriles is 1. The van der Waals surface area contributed by atoms with Crippen LogP contribution < -0.4 is 14.2 Å². The summed E-state index contributed by atoms with van der Waals surface area (Å²) >= 11 is 0. The van der Waals surface area contributed by atoms with Crippen molar-refractivity contribution in [3.63, 3.8) is 0 Å². The van der Waals surface area contributed by atoms with E-state index in [0.29, 0.717) is 24.5 Å². The number of methoxy groups -OCH3 is 2. The van der Waals surface area contributed by atoms with Gasteiger partial charge in [0.15, 0.2) is 11.5 Å². The van der Waals surface area contributed by atoms with Crippen molar-refractivity contribution in [1.82, 2.24) is 0 Å². The van der Waals surface area contributed by atoms with Crippen molar-refractivity contribution in [1.29, 1.82) is 5.26 Å². The van der Waals surface area contributed by atoms with Gasteiger partial charge in [-0.2, -0.15) is 5.26 Å². The Balaban J connectivity index is 2.02. The molecule has 0 spiro atoms. The van der Waals surface area contributed by atoms with E-state index < -0.39 is 0 Å². The molecule has 22 heavy (non-hydrogen) atoms. The molecule has 0 fully saturated rings. The van der Waals surface area contributed by atoms with E-state index in [1.165, 1.54) is 0 Å². The Morgan fingerprint density at radius 2 is 1.50 bits per heavy atom. The van der Waals surface area contributed by atoms with Gasteiger partial charge < -0.3 is 14.2 Å². The van der Waals surface area contributed by atoms with Crippen LogP contribution in [0.1, 0.15) is 17.9 Å². The third kappa shape index (κ3) is 3.70. The minimum atomic E-state index is -0.272. The monoisotopic (exact) mass is 297 g/mol. The summed E-state index contributed by atoms with van der Waals surface area (Å²) in [6.45, 7) is 0.427. The molecule has 4 heteroatoms. The van der Waals surface area contributed by atoms with Crippen molar-refractivity contribution in [2.24, 2.45) is 0 Å². The lowest BCUT2D eigenvalue weighted by Crippen LogP contribution is -2.06. The van der Waals surface area contributed by atoms with E-state index in [1.807, 2.05) is 48.5 Å². The molecule has 1 atom stereocenters. The standard InChI is InChI=1S/C18H19NO3/c1-20-16-8-4-3-7-15(16)14(13-19)11-12-22-18-10-6-5-9-17(18)21-2/h3-10,14H,11-12H2,1-2H3. The Bertz CT molecular complexity index is 649. The predicted molar refractivity (Wildman–Crippen MR) is 84.5 cm³/mol. The first kappa shape index (κ1) is 15.7. The maximum absolute atomic E-state index is 9.41. The lowest BCUT2D eigenvalue weighted by atomic mass is 9.97. The Morgan fingerprint density at radius 1 is 0.909 bits per heavy atom. The second-order valence-corrected chi connectivity index (χ2v) is 4.71. The summed E-state index contributed by atoms with van der Waals surface area (Å²) < 4.78 is 16.3. The molecule has 2 aromatic rings. The van der Waals surface area contributed by atoms with Crippen LogP contribution in [0.25, 0.3) is 0 Å². The number of ether oxygens (including phenoxy) is 3. The van der Waals surface area contributed by atoms with E-state index >= 15 is 0 Å². The molecule has 0 radical (unpaired) electrons. The lowest BCUT2D eigenvalue weighted by molar-refractivity contribution is 0.285. The molecule has 1 unspecified atom stereocenters. The zero-order chi connectivity index (χ0) is 15.8. The number of rotatable bonds is 7. The lowest BCUT2D eigenvalue weighted by Gasteiger charge is -2.15. The topological polar surface area (TPSA) is 51.5 Å². The van der Waals surface area contributed by atoms with E-state index in [4.69, 9.17) is 14.2 Å². The van der Waals surface area contributed by atoms with Crippen molar-refractivity contribution >= 4 is 0 Å². The first-order chi connectivity index (χ1) is 10.8. The summed E-state index contributed by atoms with van der Waals surface area (Å²) in [5, 5.41) is 9.41. The van der Waals surface area contributed by atoms with Crippen molar-refractivity contribution in [2.75, 3.05) is 20.8 Å².